The number of ether oxygens (including phenoxy) is 1. The number of carbonyl (C=O) groups excluding carboxylic acids is 1. The van der Waals surface area contributed by atoms with Gasteiger partial charge in [0, 0.05) is 5.56 Å². The molecule has 1 aromatic rings. The molecule has 0 atom stereocenters. The van der Waals surface area contributed by atoms with E-state index in [4.69, 9.17) is 4.74 Å². The van der Waals surface area contributed by atoms with Crippen LogP contribution < -0.4 is 0 Å². The summed E-state index contributed by atoms with van der Waals surface area (Å²) in [6, 6.07) is 7.54. The third-order valence-electron chi connectivity index (χ3n) is 2.83. The molecule has 1 spiro atoms. The third-order valence-corrected chi connectivity index (χ3v) is 2.83. The molecule has 0 amide bonds. The number of benzene rings is 1. The lowest BCUT2D eigenvalue weighted by Gasteiger charge is -2.23. The van der Waals surface area contributed by atoms with Crippen LogP contribution in [0.3, 0.4) is 0 Å². The van der Waals surface area contributed by atoms with Crippen molar-refractivity contribution in [2.75, 3.05) is 0 Å². The van der Waals surface area contributed by atoms with Gasteiger partial charge in [-0.2, -0.15) is 0 Å². The molecule has 1 aliphatic carbocycles. The molecule has 0 saturated carbocycles. The molecule has 0 fully saturated rings. The van der Waals surface area contributed by atoms with Crippen molar-refractivity contribution in [3.8, 4) is 0 Å². The molecule has 0 saturated heterocycles. The van der Waals surface area contributed by atoms with Gasteiger partial charge in [0.25, 0.3) is 0 Å². The fourth-order valence-corrected chi connectivity index (χ4v) is 2.13. The summed E-state index contributed by atoms with van der Waals surface area (Å²) in [5, 5.41) is 0. The molecule has 0 radical (unpaired) electrons. The maximum Gasteiger partial charge on any atom is 0.340 e. The van der Waals surface area contributed by atoms with Crippen LogP contribution in [-0.4, -0.2) is 5.97 Å². The predicted octanol–water partition coefficient (Wildman–Crippen LogP) is 2.57. The number of hydrogen-bond donors (Lipinski definition) is 0. The summed E-state index contributed by atoms with van der Waals surface area (Å²) in [5.41, 5.74) is 0.988. The molecule has 15 heavy (non-hydrogen) atoms. The Morgan fingerprint density at radius 3 is 2.67 bits per heavy atom. The Kier molecular flexibility index (Phi) is 1.60. The van der Waals surface area contributed by atoms with Crippen LogP contribution in [0.4, 0.5) is 0 Å². The number of fused-ring (bicyclic) bond motifs is 2. The van der Waals surface area contributed by atoms with Gasteiger partial charge in [-0.1, -0.05) is 30.4 Å². The molecule has 3 rings (SSSR count). The average molecular weight is 198 g/mol. The van der Waals surface area contributed by atoms with Crippen molar-refractivity contribution < 1.29 is 9.53 Å². The Morgan fingerprint density at radius 1 is 1.13 bits per heavy atom. The zero-order valence-corrected chi connectivity index (χ0v) is 8.14. The van der Waals surface area contributed by atoms with Gasteiger partial charge in [0.15, 0.2) is 5.60 Å². The molecule has 2 nitrogen and oxygen atoms in total. The molecule has 0 N–H and O–H groups in total. The van der Waals surface area contributed by atoms with Crippen LogP contribution >= 0.6 is 0 Å². The molecule has 2 heteroatoms. The van der Waals surface area contributed by atoms with Crippen LogP contribution in [0.1, 0.15) is 22.3 Å². The Balaban J connectivity index is 2.23. The number of hydrogen-bond acceptors (Lipinski definition) is 2. The van der Waals surface area contributed by atoms with Crippen molar-refractivity contribution in [2.24, 2.45) is 0 Å². The van der Waals surface area contributed by atoms with Crippen molar-refractivity contribution in [3.05, 3.63) is 59.7 Å². The van der Waals surface area contributed by atoms with E-state index < -0.39 is 5.60 Å². The molecule has 0 bridgehead atoms. The molecule has 1 heterocycles. The monoisotopic (exact) mass is 198 g/mol. The van der Waals surface area contributed by atoms with E-state index in [0.717, 1.165) is 12.0 Å². The largest absolute Gasteiger partial charge is 0.442 e. The van der Waals surface area contributed by atoms with E-state index in [1.165, 1.54) is 0 Å². The quantitative estimate of drug-likeness (QED) is 0.473. The summed E-state index contributed by atoms with van der Waals surface area (Å²) in [4.78, 5) is 11.6. The fraction of sp³-hybridized carbons (Fsp3) is 0.154. The average Bonchev–Trinajstić information content (AvgIpc) is 2.55. The highest BCUT2D eigenvalue weighted by molar-refractivity contribution is 5.95. The summed E-state index contributed by atoms with van der Waals surface area (Å²) >= 11 is 0. The number of allylic oxidation sites excluding steroid dienone is 2. The first-order valence-corrected chi connectivity index (χ1v) is 5.00. The first-order chi connectivity index (χ1) is 7.32. The minimum Gasteiger partial charge on any atom is -0.442 e. The van der Waals surface area contributed by atoms with E-state index in [1.54, 1.807) is 0 Å². The second-order valence-electron chi connectivity index (χ2n) is 3.77. The third kappa shape index (κ3) is 1.08. The van der Waals surface area contributed by atoms with E-state index in [0.29, 0.717) is 5.56 Å². The van der Waals surface area contributed by atoms with Gasteiger partial charge < -0.3 is 4.74 Å². The van der Waals surface area contributed by atoms with E-state index in [2.05, 4.69) is 0 Å². The molecule has 1 aliphatic heterocycles. The maximum absolute atomic E-state index is 11.6. The molecule has 0 aromatic heterocycles. The van der Waals surface area contributed by atoms with Crippen LogP contribution in [-0.2, 0) is 10.3 Å². The van der Waals surface area contributed by atoms with E-state index in [1.807, 2.05) is 48.6 Å². The highest BCUT2D eigenvalue weighted by atomic mass is 16.6. The highest BCUT2D eigenvalue weighted by Crippen LogP contribution is 2.40. The summed E-state index contributed by atoms with van der Waals surface area (Å²) in [5.74, 6) is -0.234. The lowest BCUT2D eigenvalue weighted by Crippen LogP contribution is -2.21. The summed E-state index contributed by atoms with van der Waals surface area (Å²) in [7, 11) is 0. The van der Waals surface area contributed by atoms with E-state index >= 15 is 0 Å². The van der Waals surface area contributed by atoms with Crippen molar-refractivity contribution in [3.63, 3.8) is 0 Å². The molecule has 1 aromatic carbocycles. The molecular weight excluding hydrogens is 188 g/mol. The minimum absolute atomic E-state index is 0.234. The van der Waals surface area contributed by atoms with Crippen molar-refractivity contribution in [2.45, 2.75) is 12.0 Å². The molecule has 74 valence electrons. The first kappa shape index (κ1) is 8.48. The van der Waals surface area contributed by atoms with E-state index in [9.17, 15) is 4.79 Å². The Bertz CT molecular complexity index is 471. The normalized spacial score (nSPS) is 20.4. The maximum atomic E-state index is 11.6. The van der Waals surface area contributed by atoms with Crippen LogP contribution in [0, 0.1) is 0 Å². The van der Waals surface area contributed by atoms with Crippen LogP contribution in [0.2, 0.25) is 0 Å². The smallest absolute Gasteiger partial charge is 0.340 e. The number of rotatable bonds is 0. The zero-order chi connectivity index (χ0) is 10.3. The van der Waals surface area contributed by atoms with Gasteiger partial charge in [0.1, 0.15) is 0 Å². The Labute approximate surface area is 87.9 Å². The van der Waals surface area contributed by atoms with Gasteiger partial charge in [-0.05, 0) is 24.6 Å². The summed E-state index contributed by atoms with van der Waals surface area (Å²) in [6.07, 6.45) is 8.86. The zero-order valence-electron chi connectivity index (χ0n) is 8.14. The van der Waals surface area contributed by atoms with Crippen molar-refractivity contribution in [1.29, 1.82) is 0 Å². The topological polar surface area (TPSA) is 26.3 Å². The lowest BCUT2D eigenvalue weighted by atomic mass is 9.89. The van der Waals surface area contributed by atoms with Crippen LogP contribution in [0.25, 0.3) is 0 Å². The van der Waals surface area contributed by atoms with E-state index in [-0.39, 0.29) is 5.97 Å². The van der Waals surface area contributed by atoms with Gasteiger partial charge >= 0.3 is 5.97 Å². The Morgan fingerprint density at radius 2 is 1.87 bits per heavy atom. The van der Waals surface area contributed by atoms with Gasteiger partial charge in [0.2, 0.25) is 0 Å². The van der Waals surface area contributed by atoms with Crippen molar-refractivity contribution in [1.82, 2.24) is 0 Å². The fourth-order valence-electron chi connectivity index (χ4n) is 2.13. The molecular formula is C13H10O2. The summed E-state index contributed by atoms with van der Waals surface area (Å²) in [6.45, 7) is 0. The van der Waals surface area contributed by atoms with Gasteiger partial charge in [-0.15, -0.1) is 0 Å². The Hall–Kier alpha value is -1.83. The molecule has 0 unspecified atom stereocenters. The summed E-state index contributed by atoms with van der Waals surface area (Å²) < 4.78 is 5.45. The SMILES string of the molecule is O=C1OC2(C=CCC=C2)c2ccccc21. The molecule has 2 aliphatic rings. The number of esters is 1. The minimum atomic E-state index is -0.633. The van der Waals surface area contributed by atoms with Gasteiger partial charge in [-0.3, -0.25) is 0 Å². The van der Waals surface area contributed by atoms with Crippen LogP contribution in [0.5, 0.6) is 0 Å². The number of carbonyl (C=O) groups is 1. The standard InChI is InChI=1S/C13H10O2/c14-12-10-6-2-3-7-11(10)13(15-12)8-4-1-5-9-13/h2-9H,1H2. The first-order valence-electron chi connectivity index (χ1n) is 5.00. The second kappa shape index (κ2) is 2.83. The van der Waals surface area contributed by atoms with Crippen LogP contribution in [0.15, 0.2) is 48.6 Å². The predicted molar refractivity (Wildman–Crippen MR) is 56.4 cm³/mol. The highest BCUT2D eigenvalue weighted by Gasteiger charge is 2.41. The van der Waals surface area contributed by atoms with Gasteiger partial charge in [0.05, 0.1) is 5.56 Å². The van der Waals surface area contributed by atoms with Crippen molar-refractivity contribution >= 4 is 5.97 Å². The second-order valence-corrected chi connectivity index (χ2v) is 3.77. The lowest BCUT2D eigenvalue weighted by molar-refractivity contribution is 0.0293. The van der Waals surface area contributed by atoms with Gasteiger partial charge in [-0.25, -0.2) is 4.79 Å².